The van der Waals surface area contributed by atoms with Crippen LogP contribution in [0.2, 0.25) is 0 Å². The third kappa shape index (κ3) is 6.15. The minimum absolute atomic E-state index is 0.0969. The molecule has 0 saturated heterocycles. The lowest BCUT2D eigenvalue weighted by molar-refractivity contribution is -0.138. The number of aromatic nitrogens is 2. The summed E-state index contributed by atoms with van der Waals surface area (Å²) in [4.78, 5) is 13.3. The summed E-state index contributed by atoms with van der Waals surface area (Å²) in [6.45, 7) is 10.4. The lowest BCUT2D eigenvalue weighted by Crippen LogP contribution is -2.38. The molecule has 0 spiro atoms. The van der Waals surface area contributed by atoms with Crippen molar-refractivity contribution in [3.05, 3.63) is 81.8 Å². The van der Waals surface area contributed by atoms with Gasteiger partial charge in [-0.1, -0.05) is 19.9 Å². The minimum atomic E-state index is -4.54. The van der Waals surface area contributed by atoms with E-state index in [9.17, 15) is 18.0 Å². The molecule has 11 heteroatoms. The molecular formula is C29H36F3N7O. The molecule has 0 radical (unpaired) electrons. The Morgan fingerprint density at radius 3 is 2.45 bits per heavy atom. The van der Waals surface area contributed by atoms with Gasteiger partial charge in [-0.3, -0.25) is 19.5 Å². The van der Waals surface area contributed by atoms with E-state index in [1.807, 2.05) is 59.1 Å². The van der Waals surface area contributed by atoms with E-state index < -0.39 is 17.6 Å². The Hall–Kier alpha value is -3.83. The van der Waals surface area contributed by atoms with E-state index in [0.29, 0.717) is 23.6 Å². The maximum absolute atomic E-state index is 13.8. The molecule has 0 unspecified atom stereocenters. The van der Waals surface area contributed by atoms with E-state index >= 15 is 0 Å². The zero-order valence-corrected chi connectivity index (χ0v) is 23.9. The molecular weight excluding hydrogens is 519 g/mol. The van der Waals surface area contributed by atoms with E-state index in [2.05, 4.69) is 21.3 Å². The van der Waals surface area contributed by atoms with Crippen LogP contribution in [0, 0.1) is 26.7 Å². The van der Waals surface area contributed by atoms with E-state index in [0.717, 1.165) is 34.3 Å². The predicted molar refractivity (Wildman–Crippen MR) is 151 cm³/mol. The van der Waals surface area contributed by atoms with Gasteiger partial charge >= 0.3 is 6.18 Å². The Labute approximate surface area is 232 Å². The van der Waals surface area contributed by atoms with Crippen LogP contribution in [0.15, 0.2) is 42.7 Å². The molecule has 214 valence electrons. The highest BCUT2D eigenvalue weighted by molar-refractivity contribution is 6.05. The Kier molecular flexibility index (Phi) is 8.27. The quantitative estimate of drug-likeness (QED) is 0.339. The first-order valence-corrected chi connectivity index (χ1v) is 13.1. The normalized spacial score (nSPS) is 13.8. The van der Waals surface area contributed by atoms with Crippen molar-refractivity contribution in [3.63, 3.8) is 0 Å². The van der Waals surface area contributed by atoms with Crippen molar-refractivity contribution in [3.8, 4) is 0 Å². The number of amides is 1. The summed E-state index contributed by atoms with van der Waals surface area (Å²) in [6.07, 6.45) is -0.832. The number of hydrogen-bond acceptors (Lipinski definition) is 6. The molecule has 1 aromatic heterocycles. The average molecular weight is 556 g/mol. The van der Waals surface area contributed by atoms with Crippen LogP contribution in [0.5, 0.6) is 0 Å². The van der Waals surface area contributed by atoms with Gasteiger partial charge < -0.3 is 10.6 Å². The van der Waals surface area contributed by atoms with Gasteiger partial charge in [-0.05, 0) is 74.2 Å². The number of hydrazine groups is 2. The van der Waals surface area contributed by atoms with Gasteiger partial charge in [0.1, 0.15) is 0 Å². The highest BCUT2D eigenvalue weighted by Gasteiger charge is 2.34. The Morgan fingerprint density at radius 2 is 1.82 bits per heavy atom. The zero-order chi connectivity index (χ0) is 29.4. The van der Waals surface area contributed by atoms with Crippen LogP contribution in [0.25, 0.3) is 5.70 Å². The van der Waals surface area contributed by atoms with Crippen LogP contribution >= 0.6 is 0 Å². The molecule has 0 saturated carbocycles. The fourth-order valence-corrected chi connectivity index (χ4v) is 4.61. The van der Waals surface area contributed by atoms with Crippen LogP contribution in [0.1, 0.15) is 57.7 Å². The number of aryl methyl sites for hydroxylation is 2. The Balaban J connectivity index is 1.61. The number of anilines is 2. The van der Waals surface area contributed by atoms with Gasteiger partial charge in [0.2, 0.25) is 0 Å². The highest BCUT2D eigenvalue weighted by atomic mass is 19.4. The number of nitrogens with zero attached hydrogens (tertiary/aromatic N) is 4. The van der Waals surface area contributed by atoms with Gasteiger partial charge in [-0.2, -0.15) is 18.3 Å². The van der Waals surface area contributed by atoms with Crippen LogP contribution in [-0.2, 0) is 19.8 Å². The van der Waals surface area contributed by atoms with Crippen LogP contribution in [0.4, 0.5) is 24.5 Å². The molecule has 1 aliphatic heterocycles. The molecule has 0 aliphatic carbocycles. The van der Waals surface area contributed by atoms with Crippen LogP contribution in [-0.4, -0.2) is 34.3 Å². The lowest BCUT2D eigenvalue weighted by Gasteiger charge is -2.22. The van der Waals surface area contributed by atoms with E-state index in [1.165, 1.54) is 6.92 Å². The van der Waals surface area contributed by atoms with E-state index in [-0.39, 0.29) is 17.8 Å². The van der Waals surface area contributed by atoms with Crippen molar-refractivity contribution in [1.82, 2.24) is 25.6 Å². The zero-order valence-electron chi connectivity index (χ0n) is 23.9. The first-order chi connectivity index (χ1) is 18.8. The largest absolute Gasteiger partial charge is 0.416 e. The van der Waals surface area contributed by atoms with Crippen molar-refractivity contribution in [2.75, 3.05) is 23.9 Å². The van der Waals surface area contributed by atoms with Gasteiger partial charge in [0.05, 0.1) is 23.1 Å². The maximum atomic E-state index is 13.8. The molecule has 0 atom stereocenters. The second kappa shape index (κ2) is 11.3. The third-order valence-electron chi connectivity index (χ3n) is 7.06. The number of carbonyl (C=O) groups is 1. The fraction of sp³-hybridized carbons (Fsp3) is 0.379. The van der Waals surface area contributed by atoms with Gasteiger partial charge in [0.25, 0.3) is 5.91 Å². The number of hydrogen-bond donors (Lipinski definition) is 3. The van der Waals surface area contributed by atoms with Crippen molar-refractivity contribution in [2.24, 2.45) is 13.0 Å². The summed E-state index contributed by atoms with van der Waals surface area (Å²) in [5.74, 6) is -0.149. The van der Waals surface area contributed by atoms with Crippen molar-refractivity contribution >= 4 is 23.0 Å². The first-order valence-electron chi connectivity index (χ1n) is 13.1. The number of carbonyl (C=O) groups excluding carboxylic acids is 1. The topological polar surface area (TPSA) is 77.5 Å². The average Bonchev–Trinajstić information content (AvgIpc) is 3.41. The molecule has 0 fully saturated rings. The van der Waals surface area contributed by atoms with Crippen LogP contribution < -0.4 is 21.2 Å². The minimum Gasteiger partial charge on any atom is -0.322 e. The summed E-state index contributed by atoms with van der Waals surface area (Å²) in [7, 11) is 3.76. The summed E-state index contributed by atoms with van der Waals surface area (Å²) >= 11 is 0. The second-order valence-corrected chi connectivity index (χ2v) is 10.6. The molecule has 40 heavy (non-hydrogen) atoms. The maximum Gasteiger partial charge on any atom is 0.416 e. The summed E-state index contributed by atoms with van der Waals surface area (Å²) in [5, 5.41) is 13.9. The summed E-state index contributed by atoms with van der Waals surface area (Å²) < 4.78 is 43.3. The summed E-state index contributed by atoms with van der Waals surface area (Å²) in [5.41, 5.74) is 8.05. The number of alkyl halides is 3. The molecule has 2 aromatic carbocycles. The number of benzene rings is 2. The second-order valence-electron chi connectivity index (χ2n) is 10.6. The molecule has 1 amide bonds. The van der Waals surface area contributed by atoms with Gasteiger partial charge in [-0.25, -0.2) is 0 Å². The summed E-state index contributed by atoms with van der Waals surface area (Å²) in [6, 6.07) is 7.78. The standard InChI is InChI=1S/C29H36F3N7O/c1-17(2)13-33-14-22-10-23(12-25(19(22)4)29(30,31)32)35-28(40)21-9-8-18(3)26(11-21)39-16-27(38(7)36-39)24-15-34-37(6)20(24)5/h8-12,15-17,33,36H,13-14H2,1-7H3,(H,35,40). The fourth-order valence-electron chi connectivity index (χ4n) is 4.61. The van der Waals surface area contributed by atoms with E-state index in [4.69, 9.17) is 0 Å². The van der Waals surface area contributed by atoms with Crippen molar-refractivity contribution < 1.29 is 18.0 Å². The number of nitrogens with one attached hydrogen (secondary N) is 3. The molecule has 3 N–H and O–H groups in total. The van der Waals surface area contributed by atoms with Crippen molar-refractivity contribution in [2.45, 2.75) is 47.3 Å². The highest BCUT2D eigenvalue weighted by Crippen LogP contribution is 2.36. The number of halogens is 3. The predicted octanol–water partition coefficient (Wildman–Crippen LogP) is 5.53. The van der Waals surface area contributed by atoms with Gasteiger partial charge in [0, 0.05) is 49.3 Å². The number of rotatable bonds is 8. The lowest BCUT2D eigenvalue weighted by atomic mass is 10.00. The SMILES string of the molecule is Cc1ccc(C(=O)Nc2cc(CNCC(C)C)c(C)c(C(F)(F)F)c2)cc1N1C=C(c2cnn(C)c2C)N(C)N1. The van der Waals surface area contributed by atoms with E-state index in [1.54, 1.807) is 34.1 Å². The molecule has 0 bridgehead atoms. The molecule has 4 rings (SSSR count). The first kappa shape index (κ1) is 29.2. The van der Waals surface area contributed by atoms with Gasteiger partial charge in [-0.15, -0.1) is 5.53 Å². The van der Waals surface area contributed by atoms with Crippen molar-refractivity contribution in [1.29, 1.82) is 0 Å². The molecule has 8 nitrogen and oxygen atoms in total. The smallest absolute Gasteiger partial charge is 0.322 e. The Bertz CT molecular complexity index is 1440. The van der Waals surface area contributed by atoms with Crippen LogP contribution in [0.3, 0.4) is 0 Å². The third-order valence-corrected chi connectivity index (χ3v) is 7.06. The van der Waals surface area contributed by atoms with Gasteiger partial charge in [0.15, 0.2) is 0 Å². The monoisotopic (exact) mass is 555 g/mol. The molecule has 1 aliphatic rings. The molecule has 2 heterocycles. The Morgan fingerprint density at radius 1 is 1.10 bits per heavy atom. The molecule has 3 aromatic rings.